The summed E-state index contributed by atoms with van der Waals surface area (Å²) in [6.45, 7) is 2.82. The van der Waals surface area contributed by atoms with E-state index >= 15 is 0 Å². The standard InChI is InChI=1S/C9H13N3O2S/c1-2-12-7(3-4-10-12)8-11-6(5-15-8)9(13)14/h3-4,6,8,11H,2,5H2,1H3,(H,13,14)/t6-,8?/m0/s1. The van der Waals surface area contributed by atoms with E-state index in [4.69, 9.17) is 5.11 Å². The van der Waals surface area contributed by atoms with Gasteiger partial charge in [-0.15, -0.1) is 11.8 Å². The van der Waals surface area contributed by atoms with Crippen LogP contribution in [-0.2, 0) is 11.3 Å². The molecule has 1 unspecified atom stereocenters. The highest BCUT2D eigenvalue weighted by atomic mass is 32.2. The van der Waals surface area contributed by atoms with Crippen LogP contribution in [0, 0.1) is 0 Å². The first-order chi connectivity index (χ1) is 7.22. The number of carboxylic acids is 1. The van der Waals surface area contributed by atoms with E-state index < -0.39 is 12.0 Å². The fraction of sp³-hybridized carbons (Fsp3) is 0.556. The zero-order chi connectivity index (χ0) is 10.8. The molecule has 5 nitrogen and oxygen atoms in total. The average molecular weight is 227 g/mol. The SMILES string of the molecule is CCn1nccc1C1N[C@H](C(=O)O)CS1. The van der Waals surface area contributed by atoms with Crippen LogP contribution >= 0.6 is 11.8 Å². The second-order valence-electron chi connectivity index (χ2n) is 3.34. The second kappa shape index (κ2) is 4.24. The Morgan fingerprint density at radius 2 is 2.67 bits per heavy atom. The van der Waals surface area contributed by atoms with Crippen molar-refractivity contribution in [3.05, 3.63) is 18.0 Å². The minimum Gasteiger partial charge on any atom is -0.480 e. The van der Waals surface area contributed by atoms with Gasteiger partial charge in [0.1, 0.15) is 6.04 Å². The summed E-state index contributed by atoms with van der Waals surface area (Å²) in [5.74, 6) is -0.179. The van der Waals surface area contributed by atoms with Gasteiger partial charge in [0.05, 0.1) is 11.1 Å². The van der Waals surface area contributed by atoms with Crippen LogP contribution in [0.25, 0.3) is 0 Å². The van der Waals surface area contributed by atoms with Crippen molar-refractivity contribution in [2.75, 3.05) is 5.75 Å². The molecule has 2 rings (SSSR count). The zero-order valence-electron chi connectivity index (χ0n) is 8.38. The van der Waals surface area contributed by atoms with Crippen molar-refractivity contribution in [3.8, 4) is 0 Å². The molecule has 82 valence electrons. The first kappa shape index (κ1) is 10.5. The summed E-state index contributed by atoms with van der Waals surface area (Å²) in [6.07, 6.45) is 1.75. The van der Waals surface area contributed by atoms with Crippen LogP contribution in [0.1, 0.15) is 18.0 Å². The highest BCUT2D eigenvalue weighted by Crippen LogP contribution is 2.32. The molecule has 0 bridgehead atoms. The molecular formula is C9H13N3O2S. The number of hydrogen-bond donors (Lipinski definition) is 2. The van der Waals surface area contributed by atoms with Crippen LogP contribution in [0.3, 0.4) is 0 Å². The Kier molecular flexibility index (Phi) is 2.97. The molecule has 1 aromatic rings. The van der Waals surface area contributed by atoms with E-state index in [0.29, 0.717) is 5.75 Å². The molecule has 0 amide bonds. The minimum atomic E-state index is -0.785. The number of rotatable bonds is 3. The first-order valence-corrected chi connectivity index (χ1v) is 5.89. The van der Waals surface area contributed by atoms with Crippen molar-refractivity contribution in [2.24, 2.45) is 0 Å². The minimum absolute atomic E-state index is 0.0496. The van der Waals surface area contributed by atoms with Gasteiger partial charge in [-0.05, 0) is 13.0 Å². The fourth-order valence-corrected chi connectivity index (χ4v) is 2.87. The van der Waals surface area contributed by atoms with Gasteiger partial charge in [-0.1, -0.05) is 0 Å². The first-order valence-electron chi connectivity index (χ1n) is 4.84. The molecule has 0 aromatic carbocycles. The average Bonchev–Trinajstić information content (AvgIpc) is 2.85. The van der Waals surface area contributed by atoms with E-state index in [-0.39, 0.29) is 5.37 Å². The molecule has 1 fully saturated rings. The maximum absolute atomic E-state index is 10.8. The smallest absolute Gasteiger partial charge is 0.321 e. The van der Waals surface area contributed by atoms with Crippen molar-refractivity contribution < 1.29 is 9.90 Å². The summed E-state index contributed by atoms with van der Waals surface area (Å²) in [7, 11) is 0. The lowest BCUT2D eigenvalue weighted by Gasteiger charge is -2.12. The lowest BCUT2D eigenvalue weighted by atomic mass is 10.3. The Bertz CT molecular complexity index is 366. The maximum atomic E-state index is 10.8. The third-order valence-corrected chi connectivity index (χ3v) is 3.63. The molecule has 1 saturated heterocycles. The lowest BCUT2D eigenvalue weighted by molar-refractivity contribution is -0.138. The van der Waals surface area contributed by atoms with Crippen LogP contribution in [0.15, 0.2) is 12.3 Å². The zero-order valence-corrected chi connectivity index (χ0v) is 9.20. The van der Waals surface area contributed by atoms with E-state index in [1.807, 2.05) is 17.7 Å². The van der Waals surface area contributed by atoms with Gasteiger partial charge < -0.3 is 5.11 Å². The van der Waals surface area contributed by atoms with Crippen molar-refractivity contribution in [3.63, 3.8) is 0 Å². The molecule has 1 aliphatic rings. The van der Waals surface area contributed by atoms with Gasteiger partial charge in [0.2, 0.25) is 0 Å². The van der Waals surface area contributed by atoms with Crippen LogP contribution in [0.2, 0.25) is 0 Å². The monoisotopic (exact) mass is 227 g/mol. The Morgan fingerprint density at radius 3 is 3.27 bits per heavy atom. The largest absolute Gasteiger partial charge is 0.480 e. The van der Waals surface area contributed by atoms with E-state index in [0.717, 1.165) is 12.2 Å². The molecule has 15 heavy (non-hydrogen) atoms. The van der Waals surface area contributed by atoms with Gasteiger partial charge in [0.25, 0.3) is 0 Å². The van der Waals surface area contributed by atoms with Gasteiger partial charge in [-0.3, -0.25) is 14.8 Å². The van der Waals surface area contributed by atoms with Gasteiger partial charge in [-0.25, -0.2) is 0 Å². The number of aliphatic carboxylic acids is 1. The molecule has 1 aromatic heterocycles. The molecule has 0 saturated carbocycles. The van der Waals surface area contributed by atoms with Crippen molar-refractivity contribution >= 4 is 17.7 Å². The van der Waals surface area contributed by atoms with Crippen molar-refractivity contribution in [1.29, 1.82) is 0 Å². The molecule has 0 aliphatic carbocycles. The number of nitrogens with zero attached hydrogens (tertiary/aromatic N) is 2. The Morgan fingerprint density at radius 1 is 1.87 bits per heavy atom. The van der Waals surface area contributed by atoms with Gasteiger partial charge in [0, 0.05) is 18.5 Å². The Balaban J connectivity index is 2.10. The fourth-order valence-electron chi connectivity index (χ4n) is 1.61. The Labute approximate surface area is 91.9 Å². The highest BCUT2D eigenvalue weighted by Gasteiger charge is 2.31. The van der Waals surface area contributed by atoms with E-state index in [1.165, 1.54) is 0 Å². The molecule has 1 aliphatic heterocycles. The van der Waals surface area contributed by atoms with Crippen molar-refractivity contribution in [2.45, 2.75) is 24.9 Å². The second-order valence-corrected chi connectivity index (χ2v) is 4.48. The third-order valence-electron chi connectivity index (χ3n) is 2.40. The number of aromatic nitrogens is 2. The molecule has 0 radical (unpaired) electrons. The van der Waals surface area contributed by atoms with E-state index in [1.54, 1.807) is 18.0 Å². The van der Waals surface area contributed by atoms with E-state index in [9.17, 15) is 4.79 Å². The quantitative estimate of drug-likeness (QED) is 0.795. The number of aryl methyl sites for hydroxylation is 1. The number of thioether (sulfide) groups is 1. The normalized spacial score (nSPS) is 25.7. The summed E-state index contributed by atoms with van der Waals surface area (Å²) >= 11 is 1.61. The summed E-state index contributed by atoms with van der Waals surface area (Å²) in [5.41, 5.74) is 1.05. The Hall–Kier alpha value is -1.01. The topological polar surface area (TPSA) is 67.2 Å². The third kappa shape index (κ3) is 2.00. The van der Waals surface area contributed by atoms with Gasteiger partial charge in [0.15, 0.2) is 0 Å². The number of carbonyl (C=O) groups is 1. The van der Waals surface area contributed by atoms with Crippen LogP contribution in [0.4, 0.5) is 0 Å². The summed E-state index contributed by atoms with van der Waals surface area (Å²) < 4.78 is 1.88. The summed E-state index contributed by atoms with van der Waals surface area (Å²) in [6, 6.07) is 1.48. The van der Waals surface area contributed by atoms with Crippen molar-refractivity contribution in [1.82, 2.24) is 15.1 Å². The molecule has 2 N–H and O–H groups in total. The van der Waals surface area contributed by atoms with Gasteiger partial charge >= 0.3 is 5.97 Å². The van der Waals surface area contributed by atoms with Crippen LogP contribution in [0.5, 0.6) is 0 Å². The summed E-state index contributed by atoms with van der Waals surface area (Å²) in [4.78, 5) is 10.8. The molecule has 2 heterocycles. The summed E-state index contributed by atoms with van der Waals surface area (Å²) in [5, 5.41) is 16.1. The molecule has 0 spiro atoms. The predicted molar refractivity (Wildman–Crippen MR) is 57.7 cm³/mol. The molecule has 6 heteroatoms. The lowest BCUT2D eigenvalue weighted by Crippen LogP contribution is -2.34. The van der Waals surface area contributed by atoms with E-state index in [2.05, 4.69) is 10.4 Å². The van der Waals surface area contributed by atoms with Crippen LogP contribution in [-0.4, -0.2) is 32.7 Å². The highest BCUT2D eigenvalue weighted by molar-refractivity contribution is 7.99. The number of carboxylic acid groups (broad SMARTS) is 1. The number of hydrogen-bond acceptors (Lipinski definition) is 4. The van der Waals surface area contributed by atoms with Crippen LogP contribution < -0.4 is 5.32 Å². The maximum Gasteiger partial charge on any atom is 0.321 e. The molecule has 2 atom stereocenters. The molecular weight excluding hydrogens is 214 g/mol. The predicted octanol–water partition coefficient (Wildman–Crippen LogP) is 0.691. The van der Waals surface area contributed by atoms with Gasteiger partial charge in [-0.2, -0.15) is 5.10 Å². The number of nitrogens with one attached hydrogen (secondary N) is 1.